The van der Waals surface area contributed by atoms with E-state index in [-0.39, 0.29) is 0 Å². The maximum Gasteiger partial charge on any atom is 0.115 e. The van der Waals surface area contributed by atoms with E-state index in [9.17, 15) is 0 Å². The van der Waals surface area contributed by atoms with Crippen LogP contribution >= 0.6 is 0 Å². The fraction of sp³-hybridized carbons (Fsp3) is 0. The third-order valence-electron chi connectivity index (χ3n) is 3.19. The average Bonchev–Trinajstić information content (AvgIpc) is 2.46. The van der Waals surface area contributed by atoms with Crippen molar-refractivity contribution in [1.29, 1.82) is 0 Å². The Bertz CT molecular complexity index is 587. The highest BCUT2D eigenvalue weighted by molar-refractivity contribution is 6.02. The lowest BCUT2D eigenvalue weighted by Gasteiger charge is -2.22. The Labute approximate surface area is 112 Å². The van der Waals surface area contributed by atoms with Gasteiger partial charge in [0.1, 0.15) is 5.75 Å². The summed E-state index contributed by atoms with van der Waals surface area (Å²) in [5.41, 5.74) is 5.59. The van der Waals surface area contributed by atoms with Gasteiger partial charge >= 0.3 is 0 Å². The fourth-order valence-electron chi connectivity index (χ4n) is 2.27. The standard InChI is InChI=1S/C12H8.C6H6O/c1-2-6-10-9(5-1)11-7-3-4-8-12(10)11;7-6-4-2-1-3-5-6/h1-8H;1-5,7H. The number of aromatic hydroxyl groups is 1. The minimum absolute atomic E-state index is 0.322. The molecular formula is C18H14O. The molecule has 0 bridgehead atoms. The van der Waals surface area contributed by atoms with Crippen molar-refractivity contribution >= 4 is 0 Å². The van der Waals surface area contributed by atoms with Crippen molar-refractivity contribution < 1.29 is 5.11 Å². The van der Waals surface area contributed by atoms with Crippen LogP contribution in [0.3, 0.4) is 0 Å². The van der Waals surface area contributed by atoms with Crippen LogP contribution in [0.25, 0.3) is 22.3 Å². The van der Waals surface area contributed by atoms with Gasteiger partial charge in [-0.2, -0.15) is 0 Å². The zero-order chi connectivity index (χ0) is 13.1. The lowest BCUT2D eigenvalue weighted by atomic mass is 9.81. The van der Waals surface area contributed by atoms with Crippen LogP contribution in [0.4, 0.5) is 0 Å². The molecule has 0 unspecified atom stereocenters. The number of hydrogen-bond donors (Lipinski definition) is 1. The van der Waals surface area contributed by atoms with Crippen LogP contribution in [0.1, 0.15) is 0 Å². The summed E-state index contributed by atoms with van der Waals surface area (Å²) >= 11 is 0. The minimum atomic E-state index is 0.322. The summed E-state index contributed by atoms with van der Waals surface area (Å²) in [6, 6.07) is 25.8. The second-order valence-electron chi connectivity index (χ2n) is 4.43. The smallest absolute Gasteiger partial charge is 0.115 e. The van der Waals surface area contributed by atoms with Gasteiger partial charge in [-0.25, -0.2) is 0 Å². The molecule has 1 heteroatoms. The van der Waals surface area contributed by atoms with Gasteiger partial charge in [-0.3, -0.25) is 0 Å². The third-order valence-corrected chi connectivity index (χ3v) is 3.19. The normalized spacial score (nSPS) is 10.3. The number of rotatable bonds is 0. The minimum Gasteiger partial charge on any atom is -0.508 e. The zero-order valence-corrected chi connectivity index (χ0v) is 10.5. The van der Waals surface area contributed by atoms with E-state index in [1.54, 1.807) is 24.3 Å². The highest BCUT2D eigenvalue weighted by atomic mass is 16.3. The van der Waals surface area contributed by atoms with Crippen molar-refractivity contribution in [2.24, 2.45) is 0 Å². The third kappa shape index (κ3) is 2.23. The Morgan fingerprint density at radius 1 is 0.421 bits per heavy atom. The maximum absolute atomic E-state index is 8.63. The molecule has 1 N–H and O–H groups in total. The average molecular weight is 246 g/mol. The van der Waals surface area contributed by atoms with Crippen LogP contribution < -0.4 is 0 Å². The molecule has 0 fully saturated rings. The van der Waals surface area contributed by atoms with Gasteiger partial charge in [0.15, 0.2) is 0 Å². The Morgan fingerprint density at radius 3 is 1.00 bits per heavy atom. The van der Waals surface area contributed by atoms with E-state index < -0.39 is 0 Å². The van der Waals surface area contributed by atoms with E-state index in [0.717, 1.165) is 0 Å². The summed E-state index contributed by atoms with van der Waals surface area (Å²) in [7, 11) is 0. The molecule has 19 heavy (non-hydrogen) atoms. The molecule has 0 saturated carbocycles. The van der Waals surface area contributed by atoms with Gasteiger partial charge in [0.25, 0.3) is 0 Å². The van der Waals surface area contributed by atoms with Crippen LogP contribution in [-0.2, 0) is 0 Å². The number of benzene rings is 3. The summed E-state index contributed by atoms with van der Waals surface area (Å²) in [6.45, 7) is 0. The molecule has 1 aliphatic rings. The fourth-order valence-corrected chi connectivity index (χ4v) is 2.27. The van der Waals surface area contributed by atoms with Crippen LogP contribution in [-0.4, -0.2) is 5.11 Å². The highest BCUT2D eigenvalue weighted by Crippen LogP contribution is 2.46. The first-order valence-corrected chi connectivity index (χ1v) is 6.29. The zero-order valence-electron chi connectivity index (χ0n) is 10.5. The molecule has 0 radical (unpaired) electrons. The molecule has 3 aromatic rings. The van der Waals surface area contributed by atoms with Crippen molar-refractivity contribution in [3.63, 3.8) is 0 Å². The first-order valence-electron chi connectivity index (χ1n) is 6.29. The van der Waals surface area contributed by atoms with Gasteiger partial charge < -0.3 is 5.11 Å². The molecule has 3 aromatic carbocycles. The molecule has 0 amide bonds. The molecular weight excluding hydrogens is 232 g/mol. The van der Waals surface area contributed by atoms with Crippen molar-refractivity contribution in [1.82, 2.24) is 0 Å². The first kappa shape index (κ1) is 11.5. The summed E-state index contributed by atoms with van der Waals surface area (Å²) in [4.78, 5) is 0. The lowest BCUT2D eigenvalue weighted by molar-refractivity contribution is 0.475. The molecule has 0 heterocycles. The molecule has 0 atom stereocenters. The van der Waals surface area contributed by atoms with Crippen molar-refractivity contribution in [3.05, 3.63) is 78.9 Å². The molecule has 0 aliphatic heterocycles. The molecule has 4 rings (SSSR count). The molecule has 0 spiro atoms. The number of fused-ring (bicyclic) bond motifs is 4. The van der Waals surface area contributed by atoms with Crippen molar-refractivity contribution in [2.45, 2.75) is 0 Å². The number of hydrogen-bond acceptors (Lipinski definition) is 1. The Hall–Kier alpha value is -2.54. The molecule has 0 aromatic heterocycles. The van der Waals surface area contributed by atoms with Gasteiger partial charge in [0.05, 0.1) is 0 Å². The largest absolute Gasteiger partial charge is 0.508 e. The Kier molecular flexibility index (Phi) is 3.03. The molecule has 1 aliphatic carbocycles. The number of phenolic OH excluding ortho intramolecular Hbond substituents is 1. The van der Waals surface area contributed by atoms with Crippen LogP contribution in [0.15, 0.2) is 78.9 Å². The van der Waals surface area contributed by atoms with E-state index >= 15 is 0 Å². The molecule has 92 valence electrons. The topological polar surface area (TPSA) is 20.2 Å². The second kappa shape index (κ2) is 4.99. The van der Waals surface area contributed by atoms with Crippen molar-refractivity contribution in [2.75, 3.05) is 0 Å². The van der Waals surface area contributed by atoms with E-state index in [2.05, 4.69) is 48.5 Å². The summed E-state index contributed by atoms with van der Waals surface area (Å²) in [5.74, 6) is 0.322. The van der Waals surface area contributed by atoms with Gasteiger partial charge in [-0.1, -0.05) is 66.7 Å². The quantitative estimate of drug-likeness (QED) is 0.475. The van der Waals surface area contributed by atoms with Crippen LogP contribution in [0, 0.1) is 0 Å². The predicted molar refractivity (Wildman–Crippen MR) is 79.0 cm³/mol. The molecule has 1 nitrogen and oxygen atoms in total. The number of para-hydroxylation sites is 1. The lowest BCUT2D eigenvalue weighted by Crippen LogP contribution is -1.96. The van der Waals surface area contributed by atoms with Gasteiger partial charge in [0.2, 0.25) is 0 Å². The SMILES string of the molecule is Oc1ccccc1.c1ccc2c(c1)-c1ccccc1-2. The van der Waals surface area contributed by atoms with Crippen LogP contribution in [0.5, 0.6) is 5.75 Å². The second-order valence-corrected chi connectivity index (χ2v) is 4.43. The van der Waals surface area contributed by atoms with E-state index in [1.807, 2.05) is 6.07 Å². The highest BCUT2D eigenvalue weighted by Gasteiger charge is 2.19. The summed E-state index contributed by atoms with van der Waals surface area (Å²) in [6.07, 6.45) is 0. The monoisotopic (exact) mass is 246 g/mol. The van der Waals surface area contributed by atoms with E-state index in [0.29, 0.717) is 5.75 Å². The van der Waals surface area contributed by atoms with Gasteiger partial charge in [0, 0.05) is 0 Å². The summed E-state index contributed by atoms with van der Waals surface area (Å²) in [5, 5.41) is 8.63. The summed E-state index contributed by atoms with van der Waals surface area (Å²) < 4.78 is 0. The maximum atomic E-state index is 8.63. The van der Waals surface area contributed by atoms with E-state index in [1.165, 1.54) is 22.3 Å². The Morgan fingerprint density at radius 2 is 0.737 bits per heavy atom. The number of phenols is 1. The first-order chi connectivity index (χ1) is 9.36. The molecule has 0 saturated heterocycles. The van der Waals surface area contributed by atoms with Crippen molar-refractivity contribution in [3.8, 4) is 28.0 Å². The van der Waals surface area contributed by atoms with Gasteiger partial charge in [-0.05, 0) is 34.4 Å². The van der Waals surface area contributed by atoms with Crippen LogP contribution in [0.2, 0.25) is 0 Å². The Balaban J connectivity index is 0.000000136. The van der Waals surface area contributed by atoms with Gasteiger partial charge in [-0.15, -0.1) is 0 Å². The van der Waals surface area contributed by atoms with E-state index in [4.69, 9.17) is 5.11 Å². The predicted octanol–water partition coefficient (Wildman–Crippen LogP) is 4.73.